The first-order chi connectivity index (χ1) is 8.12. The summed E-state index contributed by atoms with van der Waals surface area (Å²) in [6.45, 7) is 3.52. The van der Waals surface area contributed by atoms with Gasteiger partial charge in [0, 0.05) is 19.3 Å². The average molecular weight is 231 g/mol. The van der Waals surface area contributed by atoms with Crippen molar-refractivity contribution in [2.75, 3.05) is 18.0 Å². The van der Waals surface area contributed by atoms with E-state index in [9.17, 15) is 5.11 Å². The maximum atomic E-state index is 10.0. The summed E-state index contributed by atoms with van der Waals surface area (Å²) >= 11 is 0. The van der Waals surface area contributed by atoms with Crippen molar-refractivity contribution in [1.82, 2.24) is 4.98 Å². The van der Waals surface area contributed by atoms with Gasteiger partial charge < -0.3 is 10.0 Å². The van der Waals surface area contributed by atoms with Crippen LogP contribution in [-0.2, 0) is 0 Å². The van der Waals surface area contributed by atoms with Crippen LogP contribution in [0.5, 0.6) is 0 Å². The second kappa shape index (κ2) is 4.72. The van der Waals surface area contributed by atoms with Crippen LogP contribution in [0.1, 0.15) is 31.9 Å². The number of aliphatic hydroxyl groups is 1. The largest absolute Gasteiger partial charge is 0.390 e. The van der Waals surface area contributed by atoms with Gasteiger partial charge in [-0.05, 0) is 38.3 Å². The summed E-state index contributed by atoms with van der Waals surface area (Å²) in [5.41, 5.74) is 0.769. The molecule has 0 aliphatic carbocycles. The fourth-order valence-electron chi connectivity index (χ4n) is 2.24. The fourth-order valence-corrected chi connectivity index (χ4v) is 2.24. The summed E-state index contributed by atoms with van der Waals surface area (Å²) in [6, 6.07) is 5.89. The lowest BCUT2D eigenvalue weighted by Gasteiger charge is -2.24. The highest BCUT2D eigenvalue weighted by atomic mass is 16.3. The third kappa shape index (κ3) is 2.75. The Labute approximate surface area is 102 Å². The number of anilines is 1. The van der Waals surface area contributed by atoms with Crippen molar-refractivity contribution in [3.05, 3.63) is 24.0 Å². The minimum Gasteiger partial charge on any atom is -0.390 e. The Balaban J connectivity index is 2.20. The number of hydrogen-bond acceptors (Lipinski definition) is 4. The van der Waals surface area contributed by atoms with E-state index in [1.54, 1.807) is 6.20 Å². The third-order valence-electron chi connectivity index (χ3n) is 3.30. The molecule has 1 saturated heterocycles. The van der Waals surface area contributed by atoms with E-state index in [0.717, 1.165) is 38.0 Å². The zero-order valence-electron chi connectivity index (χ0n) is 10.1. The summed E-state index contributed by atoms with van der Waals surface area (Å²) in [5, 5.41) is 19.1. The number of aromatic nitrogens is 1. The van der Waals surface area contributed by atoms with Gasteiger partial charge in [-0.3, -0.25) is 0 Å². The van der Waals surface area contributed by atoms with Gasteiger partial charge >= 0.3 is 0 Å². The van der Waals surface area contributed by atoms with E-state index in [4.69, 9.17) is 5.26 Å². The molecular formula is C13H17N3O. The Kier molecular flexibility index (Phi) is 3.30. The smallest absolute Gasteiger partial charge is 0.163 e. The molecule has 0 spiro atoms. The number of hydrogen-bond donors (Lipinski definition) is 1. The zero-order valence-corrected chi connectivity index (χ0v) is 10.1. The van der Waals surface area contributed by atoms with E-state index in [1.807, 2.05) is 19.1 Å². The highest BCUT2D eigenvalue weighted by Gasteiger charge is 2.25. The van der Waals surface area contributed by atoms with Crippen LogP contribution < -0.4 is 4.90 Å². The molecule has 90 valence electrons. The lowest BCUT2D eigenvalue weighted by atomic mass is 9.98. The third-order valence-corrected chi connectivity index (χ3v) is 3.30. The molecule has 0 amide bonds. The normalized spacial score (nSPS) is 25.1. The summed E-state index contributed by atoms with van der Waals surface area (Å²) in [5.74, 6) is 0. The zero-order chi connectivity index (χ0) is 12.3. The Bertz CT molecular complexity index is 437. The molecule has 1 aliphatic heterocycles. The van der Waals surface area contributed by atoms with Crippen LogP contribution in [0, 0.1) is 11.3 Å². The van der Waals surface area contributed by atoms with Crippen LogP contribution in [0.25, 0.3) is 0 Å². The molecule has 1 fully saturated rings. The van der Waals surface area contributed by atoms with Crippen molar-refractivity contribution in [3.63, 3.8) is 0 Å². The molecule has 1 aromatic rings. The standard InChI is InChI=1S/C13H17N3O/c1-13(17)5-3-8-16(9-6-13)12-4-2-7-15-11(12)10-14/h2,4,7,17H,3,5-6,8-9H2,1H3. The maximum absolute atomic E-state index is 10.0. The molecule has 1 unspecified atom stereocenters. The van der Waals surface area contributed by atoms with Crippen molar-refractivity contribution >= 4 is 5.69 Å². The molecular weight excluding hydrogens is 214 g/mol. The predicted molar refractivity (Wildman–Crippen MR) is 65.6 cm³/mol. The molecule has 0 saturated carbocycles. The first kappa shape index (κ1) is 11.9. The van der Waals surface area contributed by atoms with E-state index in [2.05, 4.69) is 16.0 Å². The highest BCUT2D eigenvalue weighted by Crippen LogP contribution is 2.26. The minimum atomic E-state index is -0.580. The first-order valence-corrected chi connectivity index (χ1v) is 5.95. The first-order valence-electron chi connectivity index (χ1n) is 5.95. The molecule has 4 nitrogen and oxygen atoms in total. The van der Waals surface area contributed by atoms with Crippen molar-refractivity contribution in [2.24, 2.45) is 0 Å². The Hall–Kier alpha value is -1.60. The number of nitriles is 1. The molecule has 0 bridgehead atoms. The molecule has 17 heavy (non-hydrogen) atoms. The van der Waals surface area contributed by atoms with Crippen LogP contribution in [0.4, 0.5) is 5.69 Å². The summed E-state index contributed by atoms with van der Waals surface area (Å²) < 4.78 is 0. The van der Waals surface area contributed by atoms with E-state index in [1.165, 1.54) is 0 Å². The summed E-state index contributed by atoms with van der Waals surface area (Å²) in [6.07, 6.45) is 4.11. The van der Waals surface area contributed by atoms with Crippen molar-refractivity contribution in [2.45, 2.75) is 31.8 Å². The van der Waals surface area contributed by atoms with Gasteiger partial charge in [0.15, 0.2) is 5.69 Å². The van der Waals surface area contributed by atoms with Crippen LogP contribution in [0.2, 0.25) is 0 Å². The topological polar surface area (TPSA) is 60.1 Å². The Morgan fingerprint density at radius 1 is 1.47 bits per heavy atom. The highest BCUT2D eigenvalue weighted by molar-refractivity contribution is 5.55. The Morgan fingerprint density at radius 3 is 3.06 bits per heavy atom. The monoisotopic (exact) mass is 231 g/mol. The van der Waals surface area contributed by atoms with Gasteiger partial charge in [-0.2, -0.15) is 5.26 Å². The van der Waals surface area contributed by atoms with Gasteiger partial charge in [-0.15, -0.1) is 0 Å². The van der Waals surface area contributed by atoms with E-state index >= 15 is 0 Å². The SMILES string of the molecule is CC1(O)CCCN(c2cccnc2C#N)CC1. The van der Waals surface area contributed by atoms with Gasteiger partial charge in [0.2, 0.25) is 0 Å². The lowest BCUT2D eigenvalue weighted by molar-refractivity contribution is 0.0481. The van der Waals surface area contributed by atoms with Crippen molar-refractivity contribution in [3.8, 4) is 6.07 Å². The molecule has 0 radical (unpaired) electrons. The molecule has 2 rings (SSSR count). The fraction of sp³-hybridized carbons (Fsp3) is 0.538. The molecule has 0 aromatic carbocycles. The van der Waals surface area contributed by atoms with E-state index in [-0.39, 0.29) is 0 Å². The maximum Gasteiger partial charge on any atom is 0.163 e. The summed E-state index contributed by atoms with van der Waals surface area (Å²) in [4.78, 5) is 6.22. The summed E-state index contributed by atoms with van der Waals surface area (Å²) in [7, 11) is 0. The lowest BCUT2D eigenvalue weighted by Crippen LogP contribution is -2.28. The molecule has 1 atom stereocenters. The van der Waals surface area contributed by atoms with Gasteiger partial charge in [0.1, 0.15) is 6.07 Å². The van der Waals surface area contributed by atoms with Gasteiger partial charge in [0.05, 0.1) is 11.3 Å². The second-order valence-electron chi connectivity index (χ2n) is 4.82. The van der Waals surface area contributed by atoms with Crippen LogP contribution >= 0.6 is 0 Å². The van der Waals surface area contributed by atoms with Gasteiger partial charge in [0.25, 0.3) is 0 Å². The quantitative estimate of drug-likeness (QED) is 0.799. The Morgan fingerprint density at radius 2 is 2.29 bits per heavy atom. The van der Waals surface area contributed by atoms with Crippen LogP contribution in [-0.4, -0.2) is 28.8 Å². The molecule has 1 aromatic heterocycles. The number of rotatable bonds is 1. The molecule has 1 aliphatic rings. The molecule has 1 N–H and O–H groups in total. The van der Waals surface area contributed by atoms with Crippen LogP contribution in [0.15, 0.2) is 18.3 Å². The van der Waals surface area contributed by atoms with E-state index in [0.29, 0.717) is 5.69 Å². The number of pyridine rings is 1. The van der Waals surface area contributed by atoms with Crippen molar-refractivity contribution in [1.29, 1.82) is 5.26 Å². The molecule has 2 heterocycles. The second-order valence-corrected chi connectivity index (χ2v) is 4.82. The van der Waals surface area contributed by atoms with Gasteiger partial charge in [-0.25, -0.2) is 4.98 Å². The molecule has 4 heteroatoms. The van der Waals surface area contributed by atoms with Crippen molar-refractivity contribution < 1.29 is 5.11 Å². The van der Waals surface area contributed by atoms with E-state index < -0.39 is 5.60 Å². The minimum absolute atomic E-state index is 0.467. The van der Waals surface area contributed by atoms with Crippen LogP contribution in [0.3, 0.4) is 0 Å². The predicted octanol–water partition coefficient (Wildman–Crippen LogP) is 1.69. The number of nitrogens with zero attached hydrogens (tertiary/aromatic N) is 3. The average Bonchev–Trinajstić information content (AvgIpc) is 2.50. The van der Waals surface area contributed by atoms with Gasteiger partial charge in [-0.1, -0.05) is 0 Å².